The van der Waals surface area contributed by atoms with Crippen molar-refractivity contribution in [3.05, 3.63) is 52.2 Å². The van der Waals surface area contributed by atoms with E-state index in [4.69, 9.17) is 4.74 Å². The molecule has 2 aromatic rings. The Kier molecular flexibility index (Phi) is 6.08. The van der Waals surface area contributed by atoms with E-state index in [0.29, 0.717) is 12.2 Å². The topological polar surface area (TPSA) is 84.5 Å². The molecule has 2 N–H and O–H groups in total. The predicted octanol–water partition coefficient (Wildman–Crippen LogP) is 2.57. The maximum absolute atomic E-state index is 12.1. The van der Waals surface area contributed by atoms with Gasteiger partial charge in [0, 0.05) is 17.5 Å². The number of carbonyl (C=O) groups excluding carboxylic acids is 3. The molecular formula is C17H18N2O4S. The zero-order chi connectivity index (χ0) is 17.5. The molecule has 1 heterocycles. The maximum atomic E-state index is 12.1. The monoisotopic (exact) mass is 346 g/mol. The molecule has 0 saturated heterocycles. The Bertz CT molecular complexity index is 728. The molecule has 0 spiro atoms. The number of hydrogen-bond acceptors (Lipinski definition) is 5. The van der Waals surface area contributed by atoms with Gasteiger partial charge in [0.05, 0.1) is 12.1 Å². The van der Waals surface area contributed by atoms with Gasteiger partial charge >= 0.3 is 5.97 Å². The lowest BCUT2D eigenvalue weighted by Crippen LogP contribution is -2.35. The number of amides is 2. The van der Waals surface area contributed by atoms with Crippen molar-refractivity contribution in [2.24, 2.45) is 0 Å². The first-order chi connectivity index (χ1) is 11.5. The molecule has 0 fully saturated rings. The summed E-state index contributed by atoms with van der Waals surface area (Å²) in [5.74, 6) is -1.22. The van der Waals surface area contributed by atoms with Crippen LogP contribution in [0.4, 0.5) is 5.69 Å². The number of anilines is 1. The molecule has 2 rings (SSSR count). The standard InChI is InChI=1S/C17H18N2O4S/c1-11(16(21)18-10-15-7-4-8-24-15)23-17(22)13-5-3-6-14(9-13)19-12(2)20/h3-9,11H,10H2,1-2H3,(H,18,21)(H,19,20)/t11-/m0/s1. The van der Waals surface area contributed by atoms with Gasteiger partial charge in [-0.25, -0.2) is 4.79 Å². The van der Waals surface area contributed by atoms with Gasteiger partial charge in [0.2, 0.25) is 5.91 Å². The van der Waals surface area contributed by atoms with E-state index in [-0.39, 0.29) is 17.4 Å². The fourth-order valence-electron chi connectivity index (χ4n) is 1.94. The van der Waals surface area contributed by atoms with Crippen LogP contribution in [0.1, 0.15) is 29.1 Å². The van der Waals surface area contributed by atoms with Crippen molar-refractivity contribution < 1.29 is 19.1 Å². The van der Waals surface area contributed by atoms with Gasteiger partial charge in [0.25, 0.3) is 5.91 Å². The summed E-state index contributed by atoms with van der Waals surface area (Å²) < 4.78 is 5.17. The summed E-state index contributed by atoms with van der Waals surface area (Å²) in [7, 11) is 0. The molecule has 24 heavy (non-hydrogen) atoms. The Morgan fingerprint density at radius 2 is 2.00 bits per heavy atom. The van der Waals surface area contributed by atoms with Gasteiger partial charge in [-0.2, -0.15) is 0 Å². The third-order valence-corrected chi connectivity index (χ3v) is 3.97. The summed E-state index contributed by atoms with van der Waals surface area (Å²) in [6.45, 7) is 3.29. The highest BCUT2D eigenvalue weighted by atomic mass is 32.1. The van der Waals surface area contributed by atoms with Gasteiger partial charge in [-0.3, -0.25) is 9.59 Å². The van der Waals surface area contributed by atoms with Gasteiger partial charge in [-0.15, -0.1) is 11.3 Å². The summed E-state index contributed by atoms with van der Waals surface area (Å²) in [6.07, 6.45) is -0.915. The van der Waals surface area contributed by atoms with Crippen LogP contribution in [-0.2, 0) is 20.9 Å². The molecule has 6 nitrogen and oxygen atoms in total. The first-order valence-electron chi connectivity index (χ1n) is 7.34. The Balaban J connectivity index is 1.90. The lowest BCUT2D eigenvalue weighted by Gasteiger charge is -2.13. The van der Waals surface area contributed by atoms with Crippen LogP contribution in [0.3, 0.4) is 0 Å². The molecule has 126 valence electrons. The molecule has 0 aliphatic carbocycles. The number of ether oxygens (including phenoxy) is 1. The number of esters is 1. The van der Waals surface area contributed by atoms with Crippen molar-refractivity contribution in [3.63, 3.8) is 0 Å². The molecule has 0 bridgehead atoms. The van der Waals surface area contributed by atoms with E-state index < -0.39 is 12.1 Å². The van der Waals surface area contributed by atoms with Crippen LogP contribution in [0.5, 0.6) is 0 Å². The highest BCUT2D eigenvalue weighted by Gasteiger charge is 2.19. The van der Waals surface area contributed by atoms with Crippen molar-refractivity contribution in [1.29, 1.82) is 0 Å². The molecule has 0 aliphatic rings. The second-order valence-corrected chi connectivity index (χ2v) is 6.14. The highest BCUT2D eigenvalue weighted by Crippen LogP contribution is 2.13. The molecule has 0 unspecified atom stereocenters. The van der Waals surface area contributed by atoms with Crippen molar-refractivity contribution in [2.45, 2.75) is 26.5 Å². The number of nitrogens with one attached hydrogen (secondary N) is 2. The molecule has 0 saturated carbocycles. The zero-order valence-corrected chi connectivity index (χ0v) is 14.2. The van der Waals surface area contributed by atoms with Crippen LogP contribution in [0, 0.1) is 0 Å². The first kappa shape index (κ1) is 17.7. The average molecular weight is 346 g/mol. The largest absolute Gasteiger partial charge is 0.449 e. The Morgan fingerprint density at radius 1 is 1.21 bits per heavy atom. The van der Waals surface area contributed by atoms with Crippen LogP contribution in [0.15, 0.2) is 41.8 Å². The summed E-state index contributed by atoms with van der Waals surface area (Å²) in [4.78, 5) is 36.2. The fourth-order valence-corrected chi connectivity index (χ4v) is 2.58. The van der Waals surface area contributed by atoms with Crippen LogP contribution >= 0.6 is 11.3 Å². The molecule has 1 aromatic carbocycles. The molecule has 1 aromatic heterocycles. The lowest BCUT2D eigenvalue weighted by molar-refractivity contribution is -0.129. The summed E-state index contributed by atoms with van der Waals surface area (Å²) >= 11 is 1.54. The van der Waals surface area contributed by atoms with Gasteiger partial charge in [-0.05, 0) is 36.6 Å². The lowest BCUT2D eigenvalue weighted by atomic mass is 10.2. The van der Waals surface area contributed by atoms with Crippen molar-refractivity contribution >= 4 is 34.8 Å². The molecule has 0 radical (unpaired) electrons. The molecule has 2 amide bonds. The Labute approximate surface area is 143 Å². The Morgan fingerprint density at radius 3 is 2.67 bits per heavy atom. The van der Waals surface area contributed by atoms with E-state index >= 15 is 0 Å². The number of hydrogen-bond donors (Lipinski definition) is 2. The zero-order valence-electron chi connectivity index (χ0n) is 13.4. The number of carbonyl (C=O) groups is 3. The van der Waals surface area contributed by atoms with Crippen LogP contribution < -0.4 is 10.6 Å². The van der Waals surface area contributed by atoms with E-state index in [0.717, 1.165) is 4.88 Å². The highest BCUT2D eigenvalue weighted by molar-refractivity contribution is 7.09. The third-order valence-electron chi connectivity index (χ3n) is 3.09. The van der Waals surface area contributed by atoms with Crippen LogP contribution in [0.25, 0.3) is 0 Å². The summed E-state index contributed by atoms with van der Waals surface area (Å²) in [6, 6.07) is 10.2. The van der Waals surface area contributed by atoms with Crippen molar-refractivity contribution in [2.75, 3.05) is 5.32 Å². The molecule has 7 heteroatoms. The second kappa shape index (κ2) is 8.26. The van der Waals surface area contributed by atoms with Crippen molar-refractivity contribution in [1.82, 2.24) is 5.32 Å². The minimum absolute atomic E-state index is 0.234. The maximum Gasteiger partial charge on any atom is 0.338 e. The predicted molar refractivity (Wildman–Crippen MR) is 91.8 cm³/mol. The van der Waals surface area contributed by atoms with E-state index in [9.17, 15) is 14.4 Å². The van der Waals surface area contributed by atoms with E-state index in [1.807, 2.05) is 17.5 Å². The van der Waals surface area contributed by atoms with Gasteiger partial charge in [0.15, 0.2) is 6.10 Å². The second-order valence-electron chi connectivity index (χ2n) is 5.11. The normalized spacial score (nSPS) is 11.4. The Hall–Kier alpha value is -2.67. The third kappa shape index (κ3) is 5.20. The summed E-state index contributed by atoms with van der Waals surface area (Å²) in [5.41, 5.74) is 0.755. The van der Waals surface area contributed by atoms with Crippen LogP contribution in [-0.4, -0.2) is 23.9 Å². The van der Waals surface area contributed by atoms with E-state index in [1.165, 1.54) is 31.3 Å². The van der Waals surface area contributed by atoms with Gasteiger partial charge < -0.3 is 15.4 Å². The van der Waals surface area contributed by atoms with E-state index in [1.54, 1.807) is 18.2 Å². The first-order valence-corrected chi connectivity index (χ1v) is 8.22. The molecule has 1 atom stereocenters. The number of benzene rings is 1. The quantitative estimate of drug-likeness (QED) is 0.787. The van der Waals surface area contributed by atoms with E-state index in [2.05, 4.69) is 10.6 Å². The fraction of sp³-hybridized carbons (Fsp3) is 0.235. The van der Waals surface area contributed by atoms with Crippen molar-refractivity contribution in [3.8, 4) is 0 Å². The van der Waals surface area contributed by atoms with Gasteiger partial charge in [0.1, 0.15) is 0 Å². The smallest absolute Gasteiger partial charge is 0.338 e. The minimum atomic E-state index is -0.915. The number of thiophene rings is 1. The summed E-state index contributed by atoms with van der Waals surface area (Å²) in [5, 5.41) is 7.23. The SMILES string of the molecule is CC(=O)Nc1cccc(C(=O)O[C@@H](C)C(=O)NCc2cccs2)c1. The molecular weight excluding hydrogens is 328 g/mol. The average Bonchev–Trinajstić information content (AvgIpc) is 3.05. The minimum Gasteiger partial charge on any atom is -0.449 e. The van der Waals surface area contributed by atoms with Gasteiger partial charge in [-0.1, -0.05) is 12.1 Å². The van der Waals surface area contributed by atoms with Crippen LogP contribution in [0.2, 0.25) is 0 Å². The molecule has 0 aliphatic heterocycles. The number of rotatable bonds is 6.